The summed E-state index contributed by atoms with van der Waals surface area (Å²) in [6, 6.07) is 3.49. The largest absolute Gasteiger partial charge is 0.493 e. The Kier molecular flexibility index (Phi) is 4.93. The lowest BCUT2D eigenvalue weighted by Crippen LogP contribution is -2.31. The van der Waals surface area contributed by atoms with E-state index >= 15 is 0 Å². The molecule has 2 aromatic rings. The van der Waals surface area contributed by atoms with E-state index in [9.17, 15) is 9.59 Å². The van der Waals surface area contributed by atoms with Crippen molar-refractivity contribution in [2.75, 3.05) is 21.3 Å². The molecule has 0 fully saturated rings. The maximum absolute atomic E-state index is 12.5. The molecule has 144 valence electrons. The third-order valence-electron chi connectivity index (χ3n) is 4.78. The van der Waals surface area contributed by atoms with E-state index in [-0.39, 0.29) is 11.5 Å². The highest BCUT2D eigenvalue weighted by Crippen LogP contribution is 2.43. The van der Waals surface area contributed by atoms with Gasteiger partial charge in [-0.2, -0.15) is 5.10 Å². The van der Waals surface area contributed by atoms with E-state index in [0.29, 0.717) is 39.8 Å². The molecule has 3 N–H and O–H groups in total. The number of aryl methyl sites for hydroxylation is 1. The van der Waals surface area contributed by atoms with Crippen molar-refractivity contribution in [1.29, 1.82) is 0 Å². The van der Waals surface area contributed by atoms with Gasteiger partial charge in [0.1, 0.15) is 0 Å². The van der Waals surface area contributed by atoms with Gasteiger partial charge in [-0.05, 0) is 31.5 Å². The number of aromatic nitrogens is 2. The maximum atomic E-state index is 12.5. The second-order valence-electron chi connectivity index (χ2n) is 6.26. The molecule has 0 saturated carbocycles. The number of rotatable bonds is 6. The van der Waals surface area contributed by atoms with Gasteiger partial charge in [0.05, 0.1) is 27.2 Å². The molecule has 9 heteroatoms. The average Bonchev–Trinajstić information content (AvgIpc) is 3.17. The number of aromatic amines is 2. The molecule has 0 bridgehead atoms. The fourth-order valence-corrected chi connectivity index (χ4v) is 3.50. The molecule has 3 rings (SSSR count). The molecule has 1 aromatic heterocycles. The smallest absolute Gasteiger partial charge is 0.267 e. The van der Waals surface area contributed by atoms with Crippen LogP contribution in [0.5, 0.6) is 17.2 Å². The molecule has 0 unspecified atom stereocenters. The summed E-state index contributed by atoms with van der Waals surface area (Å²) in [6.45, 7) is 3.53. The van der Waals surface area contributed by atoms with Crippen LogP contribution in [0.3, 0.4) is 0 Å². The molecular formula is C18H22N4O5. The molecule has 0 radical (unpaired) electrons. The normalized spacial score (nSPS) is 17.3. The molecule has 1 aliphatic heterocycles. The van der Waals surface area contributed by atoms with E-state index in [1.165, 1.54) is 21.3 Å². The van der Waals surface area contributed by atoms with Gasteiger partial charge in [0.2, 0.25) is 11.7 Å². The summed E-state index contributed by atoms with van der Waals surface area (Å²) in [5.41, 5.74) is 4.57. The second-order valence-corrected chi connectivity index (χ2v) is 6.26. The van der Waals surface area contributed by atoms with E-state index < -0.39 is 11.8 Å². The second kappa shape index (κ2) is 7.18. The molecule has 1 aliphatic rings. The lowest BCUT2D eigenvalue weighted by atomic mass is 9.78. The van der Waals surface area contributed by atoms with Gasteiger partial charge in [0.15, 0.2) is 11.5 Å². The van der Waals surface area contributed by atoms with E-state index in [0.717, 1.165) is 0 Å². The lowest BCUT2D eigenvalue weighted by molar-refractivity contribution is -0.122. The van der Waals surface area contributed by atoms with Gasteiger partial charge in [-0.1, -0.05) is 0 Å². The Morgan fingerprint density at radius 3 is 2.04 bits per heavy atom. The fourth-order valence-electron chi connectivity index (χ4n) is 3.50. The third-order valence-corrected chi connectivity index (χ3v) is 4.78. The minimum absolute atomic E-state index is 0.272. The summed E-state index contributed by atoms with van der Waals surface area (Å²) < 4.78 is 16.2. The SMILES string of the molecule is COc1cc([C@@H](c2c(C)[nH][nH]c2=O)[C@H]2C(=O)NN=C2C)cc(OC)c1OC. The summed E-state index contributed by atoms with van der Waals surface area (Å²) in [7, 11) is 4.54. The number of nitrogens with zero attached hydrogens (tertiary/aromatic N) is 1. The Balaban J connectivity index is 2.28. The summed E-state index contributed by atoms with van der Waals surface area (Å²) in [5, 5.41) is 9.45. The van der Waals surface area contributed by atoms with Crippen molar-refractivity contribution in [1.82, 2.24) is 15.6 Å². The third kappa shape index (κ3) is 3.05. The van der Waals surface area contributed by atoms with Gasteiger partial charge in [-0.15, -0.1) is 0 Å². The summed E-state index contributed by atoms with van der Waals surface area (Å²) in [4.78, 5) is 25.0. The van der Waals surface area contributed by atoms with Crippen molar-refractivity contribution in [2.45, 2.75) is 19.8 Å². The molecule has 1 amide bonds. The van der Waals surface area contributed by atoms with Gasteiger partial charge in [-0.3, -0.25) is 14.7 Å². The Morgan fingerprint density at radius 1 is 1.00 bits per heavy atom. The van der Waals surface area contributed by atoms with Crippen LogP contribution in [-0.4, -0.2) is 43.1 Å². The number of ether oxygens (including phenoxy) is 3. The van der Waals surface area contributed by atoms with E-state index in [2.05, 4.69) is 20.7 Å². The average molecular weight is 374 g/mol. The first kappa shape index (κ1) is 18.6. The van der Waals surface area contributed by atoms with E-state index in [4.69, 9.17) is 14.2 Å². The highest BCUT2D eigenvalue weighted by atomic mass is 16.5. The standard InChI is InChI=1S/C18H22N4O5/c1-8-13(17(23)21-19-8)15(14-9(2)20-22-18(14)24)10-6-11(25-3)16(27-5)12(7-10)26-4/h6-7,13,15H,1-5H3,(H,21,23)(H2,20,22,24)/t13-,15+/m0/s1. The van der Waals surface area contributed by atoms with E-state index in [1.807, 2.05) is 0 Å². The van der Waals surface area contributed by atoms with Crippen molar-refractivity contribution in [3.8, 4) is 17.2 Å². The first-order chi connectivity index (χ1) is 12.9. The zero-order chi connectivity index (χ0) is 19.7. The van der Waals surface area contributed by atoms with Crippen LogP contribution in [0.15, 0.2) is 22.0 Å². The summed E-state index contributed by atoms with van der Waals surface area (Å²) in [5.74, 6) is -0.179. The monoisotopic (exact) mass is 374 g/mol. The number of nitrogens with one attached hydrogen (secondary N) is 3. The first-order valence-electron chi connectivity index (χ1n) is 8.34. The topological polar surface area (TPSA) is 118 Å². The van der Waals surface area contributed by atoms with Crippen LogP contribution in [0.1, 0.15) is 29.7 Å². The molecule has 0 aliphatic carbocycles. The number of hydrogen-bond donors (Lipinski definition) is 3. The van der Waals surface area contributed by atoms with Crippen LogP contribution in [0.2, 0.25) is 0 Å². The van der Waals surface area contributed by atoms with Crippen molar-refractivity contribution in [3.63, 3.8) is 0 Å². The Hall–Kier alpha value is -3.23. The van der Waals surface area contributed by atoms with Gasteiger partial charge in [0, 0.05) is 22.9 Å². The molecule has 0 spiro atoms. The fraction of sp³-hybridized carbons (Fsp3) is 0.389. The van der Waals surface area contributed by atoms with Crippen LogP contribution in [0.25, 0.3) is 0 Å². The Morgan fingerprint density at radius 2 is 1.63 bits per heavy atom. The van der Waals surface area contributed by atoms with Crippen molar-refractivity contribution < 1.29 is 19.0 Å². The van der Waals surface area contributed by atoms with Crippen molar-refractivity contribution in [2.24, 2.45) is 11.0 Å². The number of hydrogen-bond acceptors (Lipinski definition) is 6. The van der Waals surface area contributed by atoms with E-state index in [1.54, 1.807) is 26.0 Å². The van der Waals surface area contributed by atoms with Gasteiger partial charge in [0.25, 0.3) is 5.56 Å². The van der Waals surface area contributed by atoms with Gasteiger partial charge >= 0.3 is 0 Å². The number of methoxy groups -OCH3 is 3. The molecule has 1 aromatic carbocycles. The Labute approximate surface area is 155 Å². The minimum Gasteiger partial charge on any atom is -0.493 e. The predicted molar refractivity (Wildman–Crippen MR) is 98.8 cm³/mol. The summed E-state index contributed by atoms with van der Waals surface area (Å²) >= 11 is 0. The van der Waals surface area contributed by atoms with Gasteiger partial charge < -0.3 is 19.3 Å². The lowest BCUT2D eigenvalue weighted by Gasteiger charge is -2.24. The quantitative estimate of drug-likeness (QED) is 0.704. The summed E-state index contributed by atoms with van der Waals surface area (Å²) in [6.07, 6.45) is 0. The maximum Gasteiger partial charge on any atom is 0.267 e. The van der Waals surface area contributed by atoms with Crippen LogP contribution >= 0.6 is 0 Å². The molecule has 27 heavy (non-hydrogen) atoms. The van der Waals surface area contributed by atoms with Crippen LogP contribution in [-0.2, 0) is 4.79 Å². The Bertz CT molecular complexity index is 934. The zero-order valence-corrected chi connectivity index (χ0v) is 15.8. The highest BCUT2D eigenvalue weighted by molar-refractivity contribution is 6.08. The number of H-pyrrole nitrogens is 2. The van der Waals surface area contributed by atoms with Crippen LogP contribution in [0, 0.1) is 12.8 Å². The predicted octanol–water partition coefficient (Wildman–Crippen LogP) is 1.29. The molecule has 0 saturated heterocycles. The number of carbonyl (C=O) groups is 1. The minimum atomic E-state index is -0.636. The van der Waals surface area contributed by atoms with Gasteiger partial charge in [-0.25, -0.2) is 5.43 Å². The number of amides is 1. The van der Waals surface area contributed by atoms with Crippen molar-refractivity contribution >= 4 is 11.6 Å². The zero-order valence-electron chi connectivity index (χ0n) is 15.8. The number of benzene rings is 1. The van der Waals surface area contributed by atoms with Crippen LogP contribution < -0.4 is 25.2 Å². The highest BCUT2D eigenvalue weighted by Gasteiger charge is 2.40. The molecule has 2 heterocycles. The molecule has 9 nitrogen and oxygen atoms in total. The molecule has 2 atom stereocenters. The first-order valence-corrected chi connectivity index (χ1v) is 8.34. The number of carbonyl (C=O) groups excluding carboxylic acids is 1. The number of hydrazone groups is 1. The van der Waals surface area contributed by atoms with Crippen molar-refractivity contribution in [3.05, 3.63) is 39.3 Å². The molecular weight excluding hydrogens is 352 g/mol. The van der Waals surface area contributed by atoms with Crippen LogP contribution in [0.4, 0.5) is 0 Å².